The van der Waals surface area contributed by atoms with Crippen LogP contribution in [0.15, 0.2) is 0 Å². The van der Waals surface area contributed by atoms with E-state index in [0.717, 1.165) is 19.3 Å². The van der Waals surface area contributed by atoms with Crippen LogP contribution in [0.3, 0.4) is 0 Å². The first-order chi connectivity index (χ1) is 8.50. The third-order valence-electron chi connectivity index (χ3n) is 4.32. The lowest BCUT2D eigenvalue weighted by atomic mass is 9.90. The summed E-state index contributed by atoms with van der Waals surface area (Å²) >= 11 is 0. The molecule has 1 aliphatic heterocycles. The van der Waals surface area contributed by atoms with Crippen molar-refractivity contribution in [3.05, 3.63) is 0 Å². The molecule has 0 aromatic rings. The van der Waals surface area contributed by atoms with Gasteiger partial charge in [0.05, 0.1) is 5.92 Å². The van der Waals surface area contributed by atoms with Gasteiger partial charge in [0.15, 0.2) is 0 Å². The Morgan fingerprint density at radius 2 is 2.06 bits per heavy atom. The molecule has 5 nitrogen and oxygen atoms in total. The van der Waals surface area contributed by atoms with Crippen LogP contribution in [0.25, 0.3) is 0 Å². The zero-order valence-corrected chi connectivity index (χ0v) is 11.0. The van der Waals surface area contributed by atoms with Gasteiger partial charge in [-0.15, -0.1) is 0 Å². The molecule has 1 saturated carbocycles. The van der Waals surface area contributed by atoms with Crippen LogP contribution in [0.4, 0.5) is 0 Å². The number of aliphatic carboxylic acids is 1. The Hall–Kier alpha value is -1.10. The minimum atomic E-state index is -0.683. The Labute approximate surface area is 107 Å². The molecule has 1 amide bonds. The third-order valence-corrected chi connectivity index (χ3v) is 4.32. The maximum absolute atomic E-state index is 12.0. The average molecular weight is 255 g/mol. The van der Waals surface area contributed by atoms with Gasteiger partial charge in [0.25, 0.3) is 5.91 Å². The molecule has 1 saturated heterocycles. The first-order valence-corrected chi connectivity index (χ1v) is 6.63. The molecule has 0 aromatic carbocycles. The number of carboxylic acid groups (broad SMARTS) is 1. The lowest BCUT2D eigenvalue weighted by Gasteiger charge is -2.34. The second-order valence-electron chi connectivity index (χ2n) is 5.38. The van der Waals surface area contributed by atoms with E-state index in [1.165, 1.54) is 0 Å². The lowest BCUT2D eigenvalue weighted by Crippen LogP contribution is -2.44. The van der Waals surface area contributed by atoms with E-state index < -0.39 is 12.1 Å². The Morgan fingerprint density at radius 3 is 2.50 bits per heavy atom. The van der Waals surface area contributed by atoms with E-state index in [1.807, 2.05) is 11.8 Å². The predicted octanol–water partition coefficient (Wildman–Crippen LogP) is 1.12. The summed E-state index contributed by atoms with van der Waals surface area (Å²) < 4.78 is 5.30. The zero-order chi connectivity index (χ0) is 13.3. The molecule has 1 aliphatic carbocycles. The molecule has 0 radical (unpaired) electrons. The molecule has 0 aromatic heterocycles. The van der Waals surface area contributed by atoms with Crippen molar-refractivity contribution in [2.45, 2.75) is 39.2 Å². The van der Waals surface area contributed by atoms with Crippen molar-refractivity contribution in [1.82, 2.24) is 4.90 Å². The summed E-state index contributed by atoms with van der Waals surface area (Å²) in [4.78, 5) is 24.8. The molecule has 102 valence electrons. The second kappa shape index (κ2) is 4.88. The molecule has 18 heavy (non-hydrogen) atoms. The smallest absolute Gasteiger partial charge is 0.307 e. The number of nitrogens with zero attached hydrogens (tertiary/aromatic N) is 1. The van der Waals surface area contributed by atoms with Crippen molar-refractivity contribution in [2.24, 2.45) is 11.3 Å². The molecule has 2 fully saturated rings. The average Bonchev–Trinajstić information content (AvgIpc) is 3.04. The number of rotatable bonds is 4. The molecule has 5 heteroatoms. The highest BCUT2D eigenvalue weighted by Gasteiger charge is 2.59. The minimum absolute atomic E-state index is 0.0164. The number of carboxylic acids is 1. The monoisotopic (exact) mass is 255 g/mol. The molecule has 2 aliphatic rings. The summed E-state index contributed by atoms with van der Waals surface area (Å²) in [5, 5.41) is 9.00. The van der Waals surface area contributed by atoms with E-state index in [2.05, 4.69) is 0 Å². The fraction of sp³-hybridized carbons (Fsp3) is 0.846. The van der Waals surface area contributed by atoms with E-state index in [1.54, 1.807) is 6.92 Å². The van der Waals surface area contributed by atoms with Gasteiger partial charge in [0, 0.05) is 19.7 Å². The van der Waals surface area contributed by atoms with E-state index in [9.17, 15) is 9.59 Å². The Bertz CT molecular complexity index is 347. The Morgan fingerprint density at radius 1 is 1.44 bits per heavy atom. The first-order valence-electron chi connectivity index (χ1n) is 6.63. The van der Waals surface area contributed by atoms with Crippen LogP contribution in [-0.4, -0.2) is 47.7 Å². The van der Waals surface area contributed by atoms with Crippen molar-refractivity contribution < 1.29 is 19.4 Å². The number of hydrogen-bond acceptors (Lipinski definition) is 3. The van der Waals surface area contributed by atoms with Crippen molar-refractivity contribution in [3.63, 3.8) is 0 Å². The largest absolute Gasteiger partial charge is 0.481 e. The van der Waals surface area contributed by atoms with Gasteiger partial charge in [-0.05, 0) is 38.5 Å². The van der Waals surface area contributed by atoms with E-state index in [4.69, 9.17) is 9.84 Å². The molecular formula is C13H21NO4. The van der Waals surface area contributed by atoms with Crippen LogP contribution in [0.2, 0.25) is 0 Å². The minimum Gasteiger partial charge on any atom is -0.481 e. The molecular weight excluding hydrogens is 234 g/mol. The summed E-state index contributed by atoms with van der Waals surface area (Å²) in [6, 6.07) is 0. The number of likely N-dealkylation sites (tertiary alicyclic amines) is 1. The molecule has 1 heterocycles. The summed E-state index contributed by atoms with van der Waals surface area (Å²) in [5.41, 5.74) is -0.0164. The number of amides is 1. The van der Waals surface area contributed by atoms with Crippen LogP contribution in [0.5, 0.6) is 0 Å². The van der Waals surface area contributed by atoms with E-state index in [0.29, 0.717) is 19.7 Å². The molecule has 0 bridgehead atoms. The summed E-state index contributed by atoms with van der Waals surface area (Å²) in [7, 11) is 0. The second-order valence-corrected chi connectivity index (χ2v) is 5.38. The van der Waals surface area contributed by atoms with Crippen LogP contribution in [0, 0.1) is 11.3 Å². The van der Waals surface area contributed by atoms with Crippen molar-refractivity contribution in [3.8, 4) is 0 Å². The van der Waals surface area contributed by atoms with Crippen molar-refractivity contribution in [1.29, 1.82) is 0 Å². The number of carbonyl (C=O) groups excluding carboxylic acids is 1. The maximum Gasteiger partial charge on any atom is 0.307 e. The molecule has 2 unspecified atom stereocenters. The van der Waals surface area contributed by atoms with E-state index >= 15 is 0 Å². The quantitative estimate of drug-likeness (QED) is 0.817. The lowest BCUT2D eigenvalue weighted by molar-refractivity contribution is -0.144. The molecule has 2 atom stereocenters. The molecule has 2 rings (SSSR count). The maximum atomic E-state index is 12.0. The van der Waals surface area contributed by atoms with Gasteiger partial charge in [0.1, 0.15) is 6.10 Å². The normalized spacial score (nSPS) is 27.0. The van der Waals surface area contributed by atoms with Crippen LogP contribution < -0.4 is 0 Å². The molecule has 1 spiro atoms. The Balaban J connectivity index is 1.84. The number of ether oxygens (including phenoxy) is 1. The number of piperidine rings is 1. The standard InChI is InChI=1S/C13H21NO4/c1-3-18-9(2)11(15)14-6-4-13(5-7-14)8-10(13)12(16)17/h9-10H,3-8H2,1-2H3,(H,16,17). The number of hydrogen-bond donors (Lipinski definition) is 1. The topological polar surface area (TPSA) is 66.8 Å². The summed E-state index contributed by atoms with van der Waals surface area (Å²) in [6.45, 7) is 5.51. The highest BCUT2D eigenvalue weighted by molar-refractivity contribution is 5.81. The fourth-order valence-corrected chi connectivity index (χ4v) is 3.00. The zero-order valence-electron chi connectivity index (χ0n) is 11.0. The summed E-state index contributed by atoms with van der Waals surface area (Å²) in [5.74, 6) is -0.837. The van der Waals surface area contributed by atoms with Gasteiger partial charge < -0.3 is 14.7 Å². The number of carbonyl (C=O) groups is 2. The van der Waals surface area contributed by atoms with Crippen LogP contribution >= 0.6 is 0 Å². The Kier molecular flexibility index (Phi) is 3.61. The van der Waals surface area contributed by atoms with Crippen LogP contribution in [-0.2, 0) is 14.3 Å². The van der Waals surface area contributed by atoms with Crippen molar-refractivity contribution >= 4 is 11.9 Å². The van der Waals surface area contributed by atoms with Crippen molar-refractivity contribution in [2.75, 3.05) is 19.7 Å². The highest BCUT2D eigenvalue weighted by atomic mass is 16.5. The van der Waals surface area contributed by atoms with Gasteiger partial charge in [-0.3, -0.25) is 9.59 Å². The van der Waals surface area contributed by atoms with Gasteiger partial charge in [-0.2, -0.15) is 0 Å². The van der Waals surface area contributed by atoms with Crippen LogP contribution in [0.1, 0.15) is 33.1 Å². The van der Waals surface area contributed by atoms with Gasteiger partial charge in [-0.25, -0.2) is 0 Å². The fourth-order valence-electron chi connectivity index (χ4n) is 3.00. The van der Waals surface area contributed by atoms with E-state index in [-0.39, 0.29) is 17.2 Å². The SMILES string of the molecule is CCOC(C)C(=O)N1CCC2(CC1)CC2C(=O)O. The predicted molar refractivity (Wildman–Crippen MR) is 65.1 cm³/mol. The van der Waals surface area contributed by atoms with Gasteiger partial charge in [-0.1, -0.05) is 0 Å². The highest BCUT2D eigenvalue weighted by Crippen LogP contribution is 2.59. The van der Waals surface area contributed by atoms with Gasteiger partial charge in [0.2, 0.25) is 0 Å². The first kappa shape index (κ1) is 13.3. The third kappa shape index (κ3) is 2.36. The van der Waals surface area contributed by atoms with Gasteiger partial charge >= 0.3 is 5.97 Å². The summed E-state index contributed by atoms with van der Waals surface area (Å²) in [6.07, 6.45) is 2.02. The molecule has 1 N–H and O–H groups in total.